The molecule has 0 atom stereocenters. The van der Waals surface area contributed by atoms with Crippen LogP contribution in [-0.2, 0) is 0 Å². The van der Waals surface area contributed by atoms with E-state index in [1.54, 1.807) is 13.8 Å². The molecule has 40 valence electrons. The monoisotopic (exact) mass is 100 g/mol. The Morgan fingerprint density at radius 2 is 2.29 bits per heavy atom. The molecule has 0 unspecified atom stereocenters. The first-order valence-corrected chi connectivity index (χ1v) is 2.46. The SMILES string of the molecule is [2H]C([2H])(CC)C1(C)N=N1. The normalized spacial score (nSPS) is 28.9. The van der Waals surface area contributed by atoms with Gasteiger partial charge in [0.2, 0.25) is 0 Å². The molecule has 1 rings (SSSR count). The number of hydrogen-bond donors (Lipinski definition) is 0. The van der Waals surface area contributed by atoms with Crippen molar-refractivity contribution in [2.75, 3.05) is 0 Å². The van der Waals surface area contributed by atoms with E-state index in [-0.39, 0.29) is 0 Å². The van der Waals surface area contributed by atoms with Gasteiger partial charge in [-0.1, -0.05) is 13.3 Å². The van der Waals surface area contributed by atoms with E-state index in [0.717, 1.165) is 0 Å². The van der Waals surface area contributed by atoms with Crippen LogP contribution in [0.4, 0.5) is 0 Å². The molecule has 0 fully saturated rings. The standard InChI is InChI=1S/C5H10N2/c1-3-4-5(2)6-7-5/h3-4H2,1-2H3/i4D2. The summed E-state index contributed by atoms with van der Waals surface area (Å²) >= 11 is 0. The summed E-state index contributed by atoms with van der Waals surface area (Å²) in [6, 6.07) is 0. The van der Waals surface area contributed by atoms with E-state index < -0.39 is 12.0 Å². The van der Waals surface area contributed by atoms with Crippen LogP contribution < -0.4 is 0 Å². The van der Waals surface area contributed by atoms with Crippen LogP contribution in [0.1, 0.15) is 29.4 Å². The molecule has 2 nitrogen and oxygen atoms in total. The van der Waals surface area contributed by atoms with Gasteiger partial charge < -0.3 is 0 Å². The van der Waals surface area contributed by atoms with Crippen LogP contribution in [0.3, 0.4) is 0 Å². The average molecular weight is 100 g/mol. The second-order valence-electron chi connectivity index (χ2n) is 1.75. The summed E-state index contributed by atoms with van der Waals surface area (Å²) in [5, 5.41) is 7.25. The summed E-state index contributed by atoms with van der Waals surface area (Å²) in [6.45, 7) is 3.51. The van der Waals surface area contributed by atoms with Crippen molar-refractivity contribution in [3.63, 3.8) is 0 Å². The maximum Gasteiger partial charge on any atom is 0.188 e. The molecular weight excluding hydrogens is 88.1 g/mol. The molecule has 0 aromatic carbocycles. The lowest BCUT2D eigenvalue weighted by atomic mass is 10.1. The van der Waals surface area contributed by atoms with Crippen LogP contribution in [-0.4, -0.2) is 5.66 Å². The number of rotatable bonds is 2. The molecule has 1 aliphatic heterocycles. The van der Waals surface area contributed by atoms with Gasteiger partial charge in [0.1, 0.15) is 0 Å². The highest BCUT2D eigenvalue weighted by molar-refractivity contribution is 4.86. The van der Waals surface area contributed by atoms with E-state index >= 15 is 0 Å². The van der Waals surface area contributed by atoms with Crippen molar-refractivity contribution in [3.8, 4) is 0 Å². The zero-order valence-electron chi connectivity index (χ0n) is 6.60. The van der Waals surface area contributed by atoms with Crippen molar-refractivity contribution in [1.29, 1.82) is 0 Å². The highest BCUT2D eigenvalue weighted by Crippen LogP contribution is 2.31. The van der Waals surface area contributed by atoms with Gasteiger partial charge in [0.25, 0.3) is 0 Å². The molecule has 0 N–H and O–H groups in total. The van der Waals surface area contributed by atoms with Crippen LogP contribution in [0.2, 0.25) is 0 Å². The second-order valence-corrected chi connectivity index (χ2v) is 1.75. The zero-order chi connectivity index (χ0) is 7.12. The smallest absolute Gasteiger partial charge is 0.159 e. The molecule has 0 saturated heterocycles. The summed E-state index contributed by atoms with van der Waals surface area (Å²) in [5.41, 5.74) is -0.720. The number of hydrogen-bond acceptors (Lipinski definition) is 2. The molecule has 0 spiro atoms. The molecule has 7 heavy (non-hydrogen) atoms. The van der Waals surface area contributed by atoms with E-state index in [2.05, 4.69) is 10.2 Å². The van der Waals surface area contributed by atoms with Crippen molar-refractivity contribution in [2.24, 2.45) is 10.2 Å². The van der Waals surface area contributed by atoms with E-state index in [1.807, 2.05) is 0 Å². The van der Waals surface area contributed by atoms with Crippen molar-refractivity contribution >= 4 is 0 Å². The molecule has 0 bridgehead atoms. The van der Waals surface area contributed by atoms with Gasteiger partial charge in [0.05, 0.1) is 0 Å². The molecule has 1 heterocycles. The van der Waals surface area contributed by atoms with Gasteiger partial charge >= 0.3 is 0 Å². The van der Waals surface area contributed by atoms with E-state index in [0.29, 0.717) is 6.42 Å². The molecule has 0 aliphatic carbocycles. The van der Waals surface area contributed by atoms with Crippen molar-refractivity contribution in [1.82, 2.24) is 0 Å². The van der Waals surface area contributed by atoms with Crippen LogP contribution >= 0.6 is 0 Å². The summed E-state index contributed by atoms with van der Waals surface area (Å²) in [7, 11) is 0. The van der Waals surface area contributed by atoms with Crippen LogP contribution in [0.25, 0.3) is 0 Å². The Morgan fingerprint density at radius 3 is 2.43 bits per heavy atom. The maximum absolute atomic E-state index is 7.37. The Hall–Kier alpha value is -0.400. The molecular formula is C5H10N2. The van der Waals surface area contributed by atoms with Gasteiger partial charge in [-0.3, -0.25) is 0 Å². The molecule has 0 amide bonds. The fourth-order valence-corrected chi connectivity index (χ4v) is 0.481. The minimum atomic E-state index is -1.24. The topological polar surface area (TPSA) is 24.7 Å². The molecule has 0 aromatic rings. The lowest BCUT2D eigenvalue weighted by Gasteiger charge is -1.95. The highest BCUT2D eigenvalue weighted by Gasteiger charge is 2.31. The van der Waals surface area contributed by atoms with Gasteiger partial charge in [-0.15, -0.1) is 0 Å². The Kier molecular flexibility index (Phi) is 0.514. The first kappa shape index (κ1) is 2.80. The fraction of sp³-hybridized carbons (Fsp3) is 1.00. The summed E-state index contributed by atoms with van der Waals surface area (Å²) in [4.78, 5) is 0. The van der Waals surface area contributed by atoms with Gasteiger partial charge in [0.15, 0.2) is 5.66 Å². The van der Waals surface area contributed by atoms with Crippen molar-refractivity contribution in [2.45, 2.75) is 32.3 Å². The predicted molar refractivity (Wildman–Crippen MR) is 28.2 cm³/mol. The molecule has 2 heteroatoms. The van der Waals surface area contributed by atoms with Crippen LogP contribution in [0.5, 0.6) is 0 Å². The minimum Gasteiger partial charge on any atom is -0.159 e. The Morgan fingerprint density at radius 1 is 1.71 bits per heavy atom. The van der Waals surface area contributed by atoms with Crippen LogP contribution in [0, 0.1) is 0 Å². The van der Waals surface area contributed by atoms with E-state index in [1.165, 1.54) is 0 Å². The third-order valence-corrected chi connectivity index (χ3v) is 0.912. The first-order chi connectivity index (χ1) is 4.02. The molecule has 0 saturated carbocycles. The van der Waals surface area contributed by atoms with E-state index in [4.69, 9.17) is 2.74 Å². The largest absolute Gasteiger partial charge is 0.188 e. The lowest BCUT2D eigenvalue weighted by molar-refractivity contribution is 0.589. The molecule has 0 aromatic heterocycles. The second kappa shape index (κ2) is 1.29. The van der Waals surface area contributed by atoms with E-state index in [9.17, 15) is 0 Å². The summed E-state index contributed by atoms with van der Waals surface area (Å²) < 4.78 is 14.7. The molecule has 1 aliphatic rings. The maximum atomic E-state index is 7.37. The Labute approximate surface area is 46.4 Å². The molecule has 0 radical (unpaired) electrons. The van der Waals surface area contributed by atoms with Crippen molar-refractivity contribution in [3.05, 3.63) is 0 Å². The predicted octanol–water partition coefficient (Wildman–Crippen LogP) is 1.97. The zero-order valence-corrected chi connectivity index (χ0v) is 4.60. The van der Waals surface area contributed by atoms with Gasteiger partial charge in [0, 0.05) is 2.74 Å². The first-order valence-electron chi connectivity index (χ1n) is 3.46. The van der Waals surface area contributed by atoms with Gasteiger partial charge in [-0.25, -0.2) is 0 Å². The Balaban J connectivity index is 2.60. The fourth-order valence-electron chi connectivity index (χ4n) is 0.481. The van der Waals surface area contributed by atoms with Gasteiger partial charge in [-0.2, -0.15) is 10.2 Å². The minimum absolute atomic E-state index is 0.469. The number of nitrogens with zero attached hydrogens (tertiary/aromatic N) is 2. The van der Waals surface area contributed by atoms with Crippen LogP contribution in [0.15, 0.2) is 10.2 Å². The third-order valence-electron chi connectivity index (χ3n) is 0.912. The van der Waals surface area contributed by atoms with Gasteiger partial charge in [-0.05, 0) is 13.3 Å². The summed E-state index contributed by atoms with van der Waals surface area (Å²) in [5.74, 6) is 0. The lowest BCUT2D eigenvalue weighted by Crippen LogP contribution is -2.00. The average Bonchev–Trinajstić information content (AvgIpc) is 2.49. The third kappa shape index (κ3) is 0.981. The summed E-state index contributed by atoms with van der Waals surface area (Å²) in [6.07, 6.45) is -0.774. The van der Waals surface area contributed by atoms with Crippen molar-refractivity contribution < 1.29 is 2.74 Å². The Bertz CT molecular complexity index is 147. The quantitative estimate of drug-likeness (QED) is 0.507. The highest BCUT2D eigenvalue weighted by atomic mass is 15.4.